The summed E-state index contributed by atoms with van der Waals surface area (Å²) < 4.78 is 0. The summed E-state index contributed by atoms with van der Waals surface area (Å²) in [6.07, 6.45) is 0. The Morgan fingerprint density at radius 1 is 1.32 bits per heavy atom. The summed E-state index contributed by atoms with van der Waals surface area (Å²) in [5.74, 6) is -0.0617. The lowest BCUT2D eigenvalue weighted by Crippen LogP contribution is -2.22. The van der Waals surface area contributed by atoms with Crippen LogP contribution in [-0.4, -0.2) is 10.9 Å². The summed E-state index contributed by atoms with van der Waals surface area (Å²) in [5, 5.41) is 8.22. The number of thiophene rings is 1. The van der Waals surface area contributed by atoms with Crippen LogP contribution >= 0.6 is 34.3 Å². The van der Waals surface area contributed by atoms with Gasteiger partial charge in [0.25, 0.3) is 5.91 Å². The fourth-order valence-electron chi connectivity index (χ4n) is 2.00. The molecule has 1 N–H and O–H groups in total. The minimum Gasteiger partial charge on any atom is -0.347 e. The second-order valence-electron chi connectivity index (χ2n) is 4.70. The van der Waals surface area contributed by atoms with E-state index in [1.165, 1.54) is 11.3 Å². The highest BCUT2D eigenvalue weighted by molar-refractivity contribution is 7.15. The average Bonchev–Trinajstić information content (AvgIpc) is 3.15. The van der Waals surface area contributed by atoms with Gasteiger partial charge in [-0.15, -0.1) is 11.3 Å². The normalized spacial score (nSPS) is 10.6. The van der Waals surface area contributed by atoms with Gasteiger partial charge in [-0.25, -0.2) is 4.98 Å². The van der Waals surface area contributed by atoms with E-state index in [2.05, 4.69) is 10.3 Å². The van der Waals surface area contributed by atoms with Crippen molar-refractivity contribution in [2.75, 3.05) is 0 Å². The zero-order valence-electron chi connectivity index (χ0n) is 11.8. The van der Waals surface area contributed by atoms with Gasteiger partial charge in [0.05, 0.1) is 17.3 Å². The SMILES string of the molecule is Cc1nc(-c2ccccc2Cl)sc1CNC(=O)c1ccsc1. The van der Waals surface area contributed by atoms with Crippen molar-refractivity contribution in [2.24, 2.45) is 0 Å². The minimum absolute atomic E-state index is 0.0617. The van der Waals surface area contributed by atoms with E-state index < -0.39 is 0 Å². The fourth-order valence-corrected chi connectivity index (χ4v) is 3.96. The molecule has 0 aliphatic heterocycles. The molecule has 0 aliphatic carbocycles. The second kappa shape index (κ2) is 6.60. The lowest BCUT2D eigenvalue weighted by atomic mass is 10.2. The molecule has 112 valence electrons. The summed E-state index contributed by atoms with van der Waals surface area (Å²) >= 11 is 9.28. The van der Waals surface area contributed by atoms with Crippen molar-refractivity contribution in [3.05, 3.63) is 62.2 Å². The summed E-state index contributed by atoms with van der Waals surface area (Å²) in [4.78, 5) is 17.6. The smallest absolute Gasteiger partial charge is 0.252 e. The van der Waals surface area contributed by atoms with Crippen molar-refractivity contribution >= 4 is 40.2 Å². The van der Waals surface area contributed by atoms with Crippen LogP contribution in [0.3, 0.4) is 0 Å². The molecule has 3 aromatic rings. The monoisotopic (exact) mass is 348 g/mol. The molecule has 0 fully saturated rings. The predicted octanol–water partition coefficient (Wildman–Crippen LogP) is 4.76. The third-order valence-corrected chi connectivity index (χ3v) is 5.39. The summed E-state index contributed by atoms with van der Waals surface area (Å²) in [6.45, 7) is 2.42. The number of thiazole rings is 1. The van der Waals surface area contributed by atoms with Crippen LogP contribution in [0.5, 0.6) is 0 Å². The third-order valence-electron chi connectivity index (χ3n) is 3.19. The van der Waals surface area contributed by atoms with E-state index in [1.54, 1.807) is 11.3 Å². The Labute approximate surface area is 141 Å². The topological polar surface area (TPSA) is 42.0 Å². The Bertz CT molecular complexity index is 796. The molecule has 0 radical (unpaired) electrons. The molecule has 0 atom stereocenters. The lowest BCUT2D eigenvalue weighted by molar-refractivity contribution is 0.0951. The van der Waals surface area contributed by atoms with Crippen molar-refractivity contribution in [1.29, 1.82) is 0 Å². The molecule has 1 aromatic carbocycles. The van der Waals surface area contributed by atoms with Crippen LogP contribution in [0, 0.1) is 6.92 Å². The van der Waals surface area contributed by atoms with E-state index >= 15 is 0 Å². The van der Waals surface area contributed by atoms with Gasteiger partial charge >= 0.3 is 0 Å². The number of carbonyl (C=O) groups excluding carboxylic acids is 1. The van der Waals surface area contributed by atoms with Crippen LogP contribution in [0.1, 0.15) is 20.9 Å². The molecule has 0 unspecified atom stereocenters. The molecule has 0 saturated heterocycles. The highest BCUT2D eigenvalue weighted by Crippen LogP contribution is 2.32. The number of carbonyl (C=O) groups is 1. The number of rotatable bonds is 4. The number of aryl methyl sites for hydroxylation is 1. The number of nitrogens with zero attached hydrogens (tertiary/aromatic N) is 1. The summed E-state index contributed by atoms with van der Waals surface area (Å²) in [7, 11) is 0. The first kappa shape index (κ1) is 15.2. The van der Waals surface area contributed by atoms with E-state index in [9.17, 15) is 4.79 Å². The molecule has 6 heteroatoms. The van der Waals surface area contributed by atoms with E-state index in [1.807, 2.05) is 48.0 Å². The van der Waals surface area contributed by atoms with Gasteiger partial charge in [0, 0.05) is 21.4 Å². The van der Waals surface area contributed by atoms with Gasteiger partial charge in [-0.2, -0.15) is 11.3 Å². The van der Waals surface area contributed by atoms with Crippen molar-refractivity contribution in [3.63, 3.8) is 0 Å². The van der Waals surface area contributed by atoms with Gasteiger partial charge in [0.15, 0.2) is 0 Å². The maximum Gasteiger partial charge on any atom is 0.252 e. The Morgan fingerprint density at radius 2 is 2.14 bits per heavy atom. The number of halogens is 1. The molecule has 2 aromatic heterocycles. The molecule has 1 amide bonds. The molecule has 22 heavy (non-hydrogen) atoms. The first-order chi connectivity index (χ1) is 10.6. The number of hydrogen-bond donors (Lipinski definition) is 1. The molecule has 0 spiro atoms. The number of hydrogen-bond acceptors (Lipinski definition) is 4. The number of aromatic nitrogens is 1. The highest BCUT2D eigenvalue weighted by atomic mass is 35.5. The minimum atomic E-state index is -0.0617. The van der Waals surface area contributed by atoms with Gasteiger partial charge in [-0.05, 0) is 24.4 Å². The Hall–Kier alpha value is -1.69. The quantitative estimate of drug-likeness (QED) is 0.738. The zero-order chi connectivity index (χ0) is 15.5. The van der Waals surface area contributed by atoms with Gasteiger partial charge in [0.1, 0.15) is 5.01 Å². The van der Waals surface area contributed by atoms with Crippen molar-refractivity contribution in [1.82, 2.24) is 10.3 Å². The van der Waals surface area contributed by atoms with Crippen LogP contribution in [0.25, 0.3) is 10.6 Å². The van der Waals surface area contributed by atoms with Crippen LogP contribution in [0.15, 0.2) is 41.1 Å². The van der Waals surface area contributed by atoms with Crippen LogP contribution in [0.4, 0.5) is 0 Å². The molecular formula is C16H13ClN2OS2. The van der Waals surface area contributed by atoms with Gasteiger partial charge < -0.3 is 5.32 Å². The molecule has 0 saturated carbocycles. The Morgan fingerprint density at radius 3 is 2.86 bits per heavy atom. The van der Waals surface area contributed by atoms with Crippen LogP contribution < -0.4 is 5.32 Å². The summed E-state index contributed by atoms with van der Waals surface area (Å²) in [5.41, 5.74) is 2.54. The average molecular weight is 349 g/mol. The van der Waals surface area contributed by atoms with E-state index in [0.29, 0.717) is 17.1 Å². The van der Waals surface area contributed by atoms with Gasteiger partial charge in [-0.1, -0.05) is 29.8 Å². The van der Waals surface area contributed by atoms with Gasteiger partial charge in [-0.3, -0.25) is 4.79 Å². The van der Waals surface area contributed by atoms with E-state index in [4.69, 9.17) is 11.6 Å². The van der Waals surface area contributed by atoms with Crippen LogP contribution in [0.2, 0.25) is 5.02 Å². The second-order valence-corrected chi connectivity index (χ2v) is 6.97. The van der Waals surface area contributed by atoms with Gasteiger partial charge in [0.2, 0.25) is 0 Å². The van der Waals surface area contributed by atoms with Crippen molar-refractivity contribution < 1.29 is 4.79 Å². The first-order valence-electron chi connectivity index (χ1n) is 6.67. The largest absolute Gasteiger partial charge is 0.347 e. The molecule has 2 heterocycles. The first-order valence-corrected chi connectivity index (χ1v) is 8.80. The Kier molecular flexibility index (Phi) is 4.57. The Balaban J connectivity index is 1.76. The van der Waals surface area contributed by atoms with Crippen LogP contribution in [-0.2, 0) is 6.54 Å². The number of nitrogens with one attached hydrogen (secondary N) is 1. The lowest BCUT2D eigenvalue weighted by Gasteiger charge is -2.02. The molecule has 3 rings (SSSR count). The molecular weight excluding hydrogens is 336 g/mol. The van der Waals surface area contributed by atoms with E-state index in [-0.39, 0.29) is 5.91 Å². The molecule has 0 bridgehead atoms. The number of benzene rings is 1. The zero-order valence-corrected chi connectivity index (χ0v) is 14.2. The van der Waals surface area contributed by atoms with Crippen molar-refractivity contribution in [3.8, 4) is 10.6 Å². The predicted molar refractivity (Wildman–Crippen MR) is 92.8 cm³/mol. The third kappa shape index (κ3) is 3.21. The summed E-state index contributed by atoms with van der Waals surface area (Å²) in [6, 6.07) is 9.46. The maximum absolute atomic E-state index is 12.0. The number of amides is 1. The fraction of sp³-hybridized carbons (Fsp3) is 0.125. The maximum atomic E-state index is 12.0. The molecule has 3 nitrogen and oxygen atoms in total. The van der Waals surface area contributed by atoms with E-state index in [0.717, 1.165) is 21.1 Å². The standard InChI is InChI=1S/C16H13ClN2OS2/c1-10-14(8-18-15(20)11-6-7-21-9-11)22-16(19-10)12-4-2-3-5-13(12)17/h2-7,9H,8H2,1H3,(H,18,20). The van der Waals surface area contributed by atoms with Crippen molar-refractivity contribution in [2.45, 2.75) is 13.5 Å². The highest BCUT2D eigenvalue weighted by Gasteiger charge is 2.13. The molecule has 0 aliphatic rings.